The number of nitro groups is 2. The Morgan fingerprint density at radius 1 is 1.24 bits per heavy atom. The summed E-state index contributed by atoms with van der Waals surface area (Å²) >= 11 is 0. The molecule has 0 radical (unpaired) electrons. The number of nitrogens with zero attached hydrogens (tertiary/aromatic N) is 3. The Hall–Kier alpha value is -3.04. The molecule has 25 heavy (non-hydrogen) atoms. The summed E-state index contributed by atoms with van der Waals surface area (Å²) in [5.74, 6) is -1.48. The molecule has 1 amide bonds. The van der Waals surface area contributed by atoms with Gasteiger partial charge < -0.3 is 9.64 Å². The average Bonchev–Trinajstić information content (AvgIpc) is 2.60. The molecule has 1 atom stereocenters. The maximum Gasteiger partial charge on any atom is 0.310 e. The average molecular weight is 351 g/mol. The van der Waals surface area contributed by atoms with Crippen molar-refractivity contribution in [1.82, 2.24) is 4.90 Å². The van der Waals surface area contributed by atoms with Crippen molar-refractivity contribution in [3.63, 3.8) is 0 Å². The van der Waals surface area contributed by atoms with Gasteiger partial charge in [-0.05, 0) is 19.8 Å². The zero-order valence-electron chi connectivity index (χ0n) is 13.8. The van der Waals surface area contributed by atoms with E-state index in [1.165, 1.54) is 18.9 Å². The Kier molecular flexibility index (Phi) is 5.30. The lowest BCUT2D eigenvalue weighted by Gasteiger charge is -2.31. The van der Waals surface area contributed by atoms with Gasteiger partial charge in [0.2, 0.25) is 0 Å². The number of piperidine rings is 1. The van der Waals surface area contributed by atoms with Crippen LogP contribution < -0.4 is 0 Å². The smallest absolute Gasteiger partial charge is 0.310 e. The molecule has 0 spiro atoms. The molecule has 0 N–H and O–H groups in total. The van der Waals surface area contributed by atoms with Gasteiger partial charge in [0.15, 0.2) is 0 Å². The number of carbonyl (C=O) groups excluding carboxylic acids is 2. The Labute approximate surface area is 142 Å². The van der Waals surface area contributed by atoms with E-state index in [1.807, 2.05) is 0 Å². The number of esters is 1. The second-order valence-corrected chi connectivity index (χ2v) is 5.77. The van der Waals surface area contributed by atoms with Crippen molar-refractivity contribution in [3.8, 4) is 0 Å². The van der Waals surface area contributed by atoms with Gasteiger partial charge >= 0.3 is 5.97 Å². The van der Waals surface area contributed by atoms with Crippen molar-refractivity contribution in [2.75, 3.05) is 20.2 Å². The highest BCUT2D eigenvalue weighted by Gasteiger charge is 2.32. The van der Waals surface area contributed by atoms with Crippen LogP contribution >= 0.6 is 0 Å². The first-order chi connectivity index (χ1) is 11.8. The Bertz CT molecular complexity index is 747. The fourth-order valence-electron chi connectivity index (χ4n) is 2.89. The number of amides is 1. The molecule has 1 saturated heterocycles. The van der Waals surface area contributed by atoms with Crippen molar-refractivity contribution in [1.29, 1.82) is 0 Å². The van der Waals surface area contributed by atoms with Crippen LogP contribution in [0.15, 0.2) is 12.1 Å². The molecule has 0 aromatic heterocycles. The summed E-state index contributed by atoms with van der Waals surface area (Å²) in [6, 6.07) is 1.87. The van der Waals surface area contributed by atoms with Crippen LogP contribution in [0.1, 0.15) is 28.8 Å². The summed E-state index contributed by atoms with van der Waals surface area (Å²) < 4.78 is 4.69. The lowest BCUT2D eigenvalue weighted by molar-refractivity contribution is -0.394. The fraction of sp³-hybridized carbons (Fsp3) is 0.467. The van der Waals surface area contributed by atoms with Crippen molar-refractivity contribution in [2.24, 2.45) is 5.92 Å². The van der Waals surface area contributed by atoms with Crippen LogP contribution in [0.5, 0.6) is 0 Å². The van der Waals surface area contributed by atoms with Crippen LogP contribution in [0.3, 0.4) is 0 Å². The molecule has 1 fully saturated rings. The van der Waals surface area contributed by atoms with E-state index in [2.05, 4.69) is 0 Å². The zero-order chi connectivity index (χ0) is 18.7. The van der Waals surface area contributed by atoms with Crippen molar-refractivity contribution in [3.05, 3.63) is 43.5 Å². The lowest BCUT2D eigenvalue weighted by Crippen LogP contribution is -2.42. The van der Waals surface area contributed by atoms with E-state index in [1.54, 1.807) is 0 Å². The summed E-state index contributed by atoms with van der Waals surface area (Å²) in [6.07, 6.45) is 1.14. The molecule has 10 nitrogen and oxygen atoms in total. The van der Waals surface area contributed by atoms with E-state index in [-0.39, 0.29) is 17.7 Å². The van der Waals surface area contributed by atoms with E-state index in [4.69, 9.17) is 4.74 Å². The number of nitro benzene ring substituents is 2. The van der Waals surface area contributed by atoms with Crippen LogP contribution in [-0.4, -0.2) is 46.8 Å². The van der Waals surface area contributed by atoms with E-state index in [0.29, 0.717) is 19.4 Å². The number of rotatable bonds is 4. The van der Waals surface area contributed by atoms with Crippen LogP contribution in [0.25, 0.3) is 0 Å². The minimum absolute atomic E-state index is 0.0563. The second kappa shape index (κ2) is 7.24. The van der Waals surface area contributed by atoms with Crippen LogP contribution in [0.4, 0.5) is 11.4 Å². The quantitative estimate of drug-likeness (QED) is 0.459. The third-order valence-electron chi connectivity index (χ3n) is 4.25. The van der Waals surface area contributed by atoms with Crippen LogP contribution in [0, 0.1) is 33.1 Å². The number of methoxy groups -OCH3 is 1. The second-order valence-electron chi connectivity index (χ2n) is 5.77. The first-order valence-corrected chi connectivity index (χ1v) is 7.56. The van der Waals surface area contributed by atoms with Gasteiger partial charge in [0.05, 0.1) is 34.5 Å². The minimum atomic E-state index is -0.781. The lowest BCUT2D eigenvalue weighted by atomic mass is 9.96. The number of hydrogen-bond donors (Lipinski definition) is 0. The topological polar surface area (TPSA) is 133 Å². The summed E-state index contributed by atoms with van der Waals surface area (Å²) in [7, 11) is 1.26. The van der Waals surface area contributed by atoms with E-state index in [0.717, 1.165) is 12.1 Å². The highest BCUT2D eigenvalue weighted by molar-refractivity contribution is 5.97. The third-order valence-corrected chi connectivity index (χ3v) is 4.25. The molecule has 1 unspecified atom stereocenters. The summed E-state index contributed by atoms with van der Waals surface area (Å²) in [5, 5.41) is 22.1. The summed E-state index contributed by atoms with van der Waals surface area (Å²) in [5.41, 5.74) is -1.06. The van der Waals surface area contributed by atoms with Gasteiger partial charge in [-0.2, -0.15) is 0 Å². The normalized spacial score (nSPS) is 17.0. The van der Waals surface area contributed by atoms with E-state index in [9.17, 15) is 29.8 Å². The minimum Gasteiger partial charge on any atom is -0.469 e. The number of likely N-dealkylation sites (tertiary alicyclic amines) is 1. The van der Waals surface area contributed by atoms with E-state index >= 15 is 0 Å². The number of benzene rings is 1. The Morgan fingerprint density at radius 2 is 1.92 bits per heavy atom. The first-order valence-electron chi connectivity index (χ1n) is 7.56. The summed E-state index contributed by atoms with van der Waals surface area (Å²) in [6.45, 7) is 1.85. The van der Waals surface area contributed by atoms with Crippen molar-refractivity contribution in [2.45, 2.75) is 19.8 Å². The largest absolute Gasteiger partial charge is 0.469 e. The molecular formula is C15H17N3O7. The standard InChI is InChI=1S/C15H17N3O7/c1-9-12(6-11(17(21)22)7-13(9)18(23)24)14(19)16-5-3-4-10(8-16)15(20)25-2/h6-7,10H,3-5,8H2,1-2H3. The molecule has 0 saturated carbocycles. The molecular weight excluding hydrogens is 334 g/mol. The highest BCUT2D eigenvalue weighted by Crippen LogP contribution is 2.30. The molecule has 10 heteroatoms. The highest BCUT2D eigenvalue weighted by atomic mass is 16.6. The van der Waals surface area contributed by atoms with Gasteiger partial charge in [0, 0.05) is 24.7 Å². The van der Waals surface area contributed by atoms with Gasteiger partial charge in [-0.25, -0.2) is 0 Å². The predicted molar refractivity (Wildman–Crippen MR) is 85.1 cm³/mol. The summed E-state index contributed by atoms with van der Waals surface area (Å²) in [4.78, 5) is 46.4. The third kappa shape index (κ3) is 3.73. The molecule has 1 heterocycles. The molecule has 1 aliphatic rings. The first kappa shape index (κ1) is 18.3. The molecule has 0 aliphatic carbocycles. The molecule has 1 aromatic carbocycles. The maximum absolute atomic E-state index is 12.8. The van der Waals surface area contributed by atoms with Gasteiger partial charge in [0.25, 0.3) is 17.3 Å². The Balaban J connectivity index is 2.39. The molecule has 0 bridgehead atoms. The fourth-order valence-corrected chi connectivity index (χ4v) is 2.89. The monoisotopic (exact) mass is 351 g/mol. The van der Waals surface area contributed by atoms with Gasteiger partial charge in [-0.3, -0.25) is 29.8 Å². The SMILES string of the molecule is COC(=O)C1CCCN(C(=O)c2cc([N+](=O)[O-])cc([N+](=O)[O-])c2C)C1. The molecule has 2 rings (SSSR count). The van der Waals surface area contributed by atoms with Gasteiger partial charge in [-0.1, -0.05) is 0 Å². The maximum atomic E-state index is 12.8. The number of hydrogen-bond acceptors (Lipinski definition) is 7. The number of carbonyl (C=O) groups is 2. The predicted octanol–water partition coefficient (Wildman–Crippen LogP) is 1.84. The van der Waals surface area contributed by atoms with Gasteiger partial charge in [-0.15, -0.1) is 0 Å². The number of non-ortho nitro benzene ring substituents is 1. The molecule has 1 aliphatic heterocycles. The molecule has 134 valence electrons. The Morgan fingerprint density at radius 3 is 2.48 bits per heavy atom. The van der Waals surface area contributed by atoms with Crippen molar-refractivity contribution < 1.29 is 24.2 Å². The van der Waals surface area contributed by atoms with Gasteiger partial charge in [0.1, 0.15) is 0 Å². The number of ether oxygens (including phenoxy) is 1. The van der Waals surface area contributed by atoms with Crippen molar-refractivity contribution >= 4 is 23.3 Å². The van der Waals surface area contributed by atoms with Crippen LogP contribution in [-0.2, 0) is 9.53 Å². The van der Waals surface area contributed by atoms with Crippen LogP contribution in [0.2, 0.25) is 0 Å². The van der Waals surface area contributed by atoms with E-state index < -0.39 is 39.0 Å². The molecule has 1 aromatic rings. The zero-order valence-corrected chi connectivity index (χ0v) is 13.8.